The van der Waals surface area contributed by atoms with Gasteiger partial charge in [0.15, 0.2) is 10.9 Å². The summed E-state index contributed by atoms with van der Waals surface area (Å²) in [6.45, 7) is 0. The van der Waals surface area contributed by atoms with Gasteiger partial charge in [-0.1, -0.05) is 11.3 Å². The summed E-state index contributed by atoms with van der Waals surface area (Å²) >= 11 is 1.38. The predicted octanol–water partition coefficient (Wildman–Crippen LogP) is 6.10. The van der Waals surface area contributed by atoms with Gasteiger partial charge in [-0.2, -0.15) is 0 Å². The molecule has 8 heteroatoms. The van der Waals surface area contributed by atoms with Crippen molar-refractivity contribution in [2.75, 3.05) is 26.6 Å². The molecule has 0 unspecified atom stereocenters. The number of benzene rings is 3. The number of rotatable bonds is 10. The lowest BCUT2D eigenvalue weighted by atomic mass is 10.1. The maximum atomic E-state index is 12.7. The highest BCUT2D eigenvalue weighted by molar-refractivity contribution is 7.19. The van der Waals surface area contributed by atoms with Crippen molar-refractivity contribution < 1.29 is 23.8 Å². The second-order valence-electron chi connectivity index (χ2n) is 7.85. The fourth-order valence-corrected chi connectivity index (χ4v) is 4.60. The average Bonchev–Trinajstić information content (AvgIpc) is 3.35. The van der Waals surface area contributed by atoms with Gasteiger partial charge in [0.05, 0.1) is 31.9 Å². The Balaban J connectivity index is 1.51. The summed E-state index contributed by atoms with van der Waals surface area (Å²) in [5.41, 5.74) is 3.14. The normalized spacial score (nSPS) is 10.5. The number of carbonyl (C=O) groups is 2. The van der Waals surface area contributed by atoms with Crippen molar-refractivity contribution in [3.8, 4) is 38.9 Å². The van der Waals surface area contributed by atoms with Gasteiger partial charge in [-0.25, -0.2) is 4.98 Å². The molecule has 184 valence electrons. The Labute approximate surface area is 213 Å². The summed E-state index contributed by atoms with van der Waals surface area (Å²) in [4.78, 5) is 30.8. The number of amides is 1. The van der Waals surface area contributed by atoms with Gasteiger partial charge in [-0.05, 0) is 78.4 Å². The number of thiazole rings is 1. The van der Waals surface area contributed by atoms with Crippen molar-refractivity contribution in [3.05, 3.63) is 78.4 Å². The first-order chi connectivity index (χ1) is 17.5. The molecule has 0 aliphatic rings. The van der Waals surface area contributed by atoms with Crippen molar-refractivity contribution in [2.45, 2.75) is 12.8 Å². The van der Waals surface area contributed by atoms with Crippen LogP contribution in [0, 0.1) is 0 Å². The molecule has 1 aromatic heterocycles. The number of anilines is 1. The van der Waals surface area contributed by atoms with Crippen molar-refractivity contribution in [2.24, 2.45) is 0 Å². The van der Waals surface area contributed by atoms with Crippen molar-refractivity contribution >= 4 is 28.2 Å². The zero-order valence-corrected chi connectivity index (χ0v) is 21.1. The fourth-order valence-electron chi connectivity index (χ4n) is 3.59. The number of nitrogens with one attached hydrogen (secondary N) is 1. The Morgan fingerprint density at radius 1 is 0.722 bits per heavy atom. The standard InChI is InChI=1S/C28H26N2O5S/c1-33-21-10-4-18(5-11-21)24(31)16-17-25(32)29-28-30-26(19-6-12-22(34-2)13-7-19)27(36-28)20-8-14-23(35-3)15-9-20/h4-15H,16-17H2,1-3H3,(H,29,30,32). The Morgan fingerprint density at radius 2 is 1.22 bits per heavy atom. The summed E-state index contributed by atoms with van der Waals surface area (Å²) in [5, 5.41) is 3.33. The van der Waals surface area contributed by atoms with E-state index in [0.717, 1.165) is 33.2 Å². The number of nitrogens with zero attached hydrogens (tertiary/aromatic N) is 1. The molecule has 0 radical (unpaired) electrons. The molecule has 0 spiro atoms. The molecule has 0 fully saturated rings. The van der Waals surface area contributed by atoms with E-state index in [9.17, 15) is 9.59 Å². The topological polar surface area (TPSA) is 86.8 Å². The summed E-state index contributed by atoms with van der Waals surface area (Å²) in [7, 11) is 4.81. The molecular weight excluding hydrogens is 476 g/mol. The van der Waals surface area contributed by atoms with E-state index in [1.807, 2.05) is 48.5 Å². The van der Waals surface area contributed by atoms with Crippen molar-refractivity contribution in [3.63, 3.8) is 0 Å². The van der Waals surface area contributed by atoms with Gasteiger partial charge in [-0.3, -0.25) is 9.59 Å². The highest BCUT2D eigenvalue weighted by Crippen LogP contribution is 2.40. The van der Waals surface area contributed by atoms with Gasteiger partial charge in [0, 0.05) is 24.0 Å². The molecule has 3 aromatic carbocycles. The van der Waals surface area contributed by atoms with Crippen LogP contribution >= 0.6 is 11.3 Å². The third kappa shape index (κ3) is 5.90. The van der Waals surface area contributed by atoms with Crippen LogP contribution < -0.4 is 19.5 Å². The molecule has 1 N–H and O–H groups in total. The number of ketones is 1. The predicted molar refractivity (Wildman–Crippen MR) is 141 cm³/mol. The van der Waals surface area contributed by atoms with Crippen LogP contribution in [0.2, 0.25) is 0 Å². The van der Waals surface area contributed by atoms with Crippen LogP contribution in [-0.2, 0) is 4.79 Å². The molecule has 0 aliphatic heterocycles. The fraction of sp³-hybridized carbons (Fsp3) is 0.179. The quantitative estimate of drug-likeness (QED) is 0.264. The number of ether oxygens (including phenoxy) is 3. The summed E-state index contributed by atoms with van der Waals surface area (Å²) in [6, 6.07) is 22.1. The number of Topliss-reactive ketones (excluding diaryl/α,β-unsaturated/α-hetero) is 1. The lowest BCUT2D eigenvalue weighted by molar-refractivity contribution is -0.116. The second kappa shape index (κ2) is 11.5. The van der Waals surface area contributed by atoms with Crippen LogP contribution in [0.3, 0.4) is 0 Å². The molecule has 0 saturated heterocycles. The van der Waals surface area contributed by atoms with Gasteiger partial charge in [0.2, 0.25) is 5.91 Å². The smallest absolute Gasteiger partial charge is 0.226 e. The molecule has 0 saturated carbocycles. The number of carbonyl (C=O) groups excluding carboxylic acids is 2. The molecule has 4 aromatic rings. The number of aromatic nitrogens is 1. The lowest BCUT2D eigenvalue weighted by Gasteiger charge is -2.05. The summed E-state index contributed by atoms with van der Waals surface area (Å²) in [5.74, 6) is 1.80. The first-order valence-corrected chi connectivity index (χ1v) is 12.1. The van der Waals surface area contributed by atoms with Crippen LogP contribution in [0.5, 0.6) is 17.2 Å². The Kier molecular flexibility index (Phi) is 7.97. The maximum Gasteiger partial charge on any atom is 0.226 e. The zero-order chi connectivity index (χ0) is 25.5. The van der Waals surface area contributed by atoms with E-state index in [1.54, 1.807) is 45.6 Å². The monoisotopic (exact) mass is 502 g/mol. The van der Waals surface area contributed by atoms with E-state index in [0.29, 0.717) is 16.4 Å². The van der Waals surface area contributed by atoms with Gasteiger partial charge in [0.1, 0.15) is 17.2 Å². The molecular formula is C28H26N2O5S. The lowest BCUT2D eigenvalue weighted by Crippen LogP contribution is -2.13. The molecule has 0 aliphatic carbocycles. The number of hydrogen-bond donors (Lipinski definition) is 1. The van der Waals surface area contributed by atoms with Crippen LogP contribution in [0.15, 0.2) is 72.8 Å². The molecule has 36 heavy (non-hydrogen) atoms. The van der Waals surface area contributed by atoms with E-state index in [-0.39, 0.29) is 24.5 Å². The molecule has 1 amide bonds. The van der Waals surface area contributed by atoms with E-state index in [2.05, 4.69) is 5.32 Å². The summed E-state index contributed by atoms with van der Waals surface area (Å²) < 4.78 is 15.7. The van der Waals surface area contributed by atoms with Crippen molar-refractivity contribution in [1.29, 1.82) is 0 Å². The minimum absolute atomic E-state index is 0.0557. The van der Waals surface area contributed by atoms with E-state index in [4.69, 9.17) is 19.2 Å². The number of hydrogen-bond acceptors (Lipinski definition) is 7. The van der Waals surface area contributed by atoms with Gasteiger partial charge < -0.3 is 19.5 Å². The molecule has 0 bridgehead atoms. The van der Waals surface area contributed by atoms with E-state index >= 15 is 0 Å². The highest BCUT2D eigenvalue weighted by Gasteiger charge is 2.18. The third-order valence-corrected chi connectivity index (χ3v) is 6.60. The van der Waals surface area contributed by atoms with Crippen LogP contribution in [0.4, 0.5) is 5.13 Å². The van der Waals surface area contributed by atoms with Crippen molar-refractivity contribution in [1.82, 2.24) is 4.98 Å². The minimum atomic E-state index is -0.270. The van der Waals surface area contributed by atoms with Crippen LogP contribution in [-0.4, -0.2) is 38.0 Å². The Morgan fingerprint density at radius 3 is 1.75 bits per heavy atom. The van der Waals surface area contributed by atoms with Gasteiger partial charge >= 0.3 is 0 Å². The highest BCUT2D eigenvalue weighted by atomic mass is 32.1. The largest absolute Gasteiger partial charge is 0.497 e. The van der Waals surface area contributed by atoms with Crippen LogP contribution in [0.1, 0.15) is 23.2 Å². The summed E-state index contributed by atoms with van der Waals surface area (Å²) in [6.07, 6.45) is 0.153. The van der Waals surface area contributed by atoms with E-state index in [1.165, 1.54) is 11.3 Å². The second-order valence-corrected chi connectivity index (χ2v) is 8.85. The Hall–Kier alpha value is -4.17. The zero-order valence-electron chi connectivity index (χ0n) is 20.2. The number of methoxy groups -OCH3 is 3. The maximum absolute atomic E-state index is 12.7. The van der Waals surface area contributed by atoms with Crippen LogP contribution in [0.25, 0.3) is 21.7 Å². The van der Waals surface area contributed by atoms with Gasteiger partial charge in [-0.15, -0.1) is 0 Å². The molecule has 1 heterocycles. The minimum Gasteiger partial charge on any atom is -0.497 e. The van der Waals surface area contributed by atoms with Gasteiger partial charge in [0.25, 0.3) is 0 Å². The first kappa shape index (κ1) is 24.9. The van der Waals surface area contributed by atoms with E-state index < -0.39 is 0 Å². The molecule has 4 rings (SSSR count). The average molecular weight is 503 g/mol. The SMILES string of the molecule is COc1ccc(C(=O)CCC(=O)Nc2nc(-c3ccc(OC)cc3)c(-c3ccc(OC)cc3)s2)cc1. The molecule has 0 atom stereocenters. The molecule has 7 nitrogen and oxygen atoms in total. The third-order valence-electron chi connectivity index (χ3n) is 5.58. The first-order valence-electron chi connectivity index (χ1n) is 11.3. The Bertz CT molecular complexity index is 1270.